The van der Waals surface area contributed by atoms with E-state index in [1.54, 1.807) is 7.11 Å². The van der Waals surface area contributed by atoms with Crippen LogP contribution in [0.4, 0.5) is 0 Å². The van der Waals surface area contributed by atoms with Crippen LogP contribution in [0.2, 0.25) is 0 Å². The Balaban J connectivity index is 2.35. The van der Waals surface area contributed by atoms with Crippen LogP contribution in [0.15, 0.2) is 28.7 Å². The lowest BCUT2D eigenvalue weighted by atomic mass is 9.98. The molecule has 1 unspecified atom stereocenters. The zero-order valence-electron chi connectivity index (χ0n) is 9.99. The lowest BCUT2D eigenvalue weighted by Gasteiger charge is -2.14. The van der Waals surface area contributed by atoms with E-state index in [4.69, 9.17) is 9.47 Å². The average molecular weight is 366 g/mol. The molecule has 96 valence electrons. The van der Waals surface area contributed by atoms with Gasteiger partial charge in [-0.3, -0.25) is 0 Å². The summed E-state index contributed by atoms with van der Waals surface area (Å²) in [4.78, 5) is 0. The second-order valence-electron chi connectivity index (χ2n) is 3.80. The first-order valence-electron chi connectivity index (χ1n) is 5.66. The number of hydrogen-bond acceptors (Lipinski definition) is 2. The van der Waals surface area contributed by atoms with Gasteiger partial charge in [-0.05, 0) is 30.0 Å². The van der Waals surface area contributed by atoms with Crippen molar-refractivity contribution in [1.82, 2.24) is 0 Å². The molecule has 1 atom stereocenters. The second kappa shape index (κ2) is 9.09. The Bertz CT molecular complexity index is 301. The molecule has 0 amide bonds. The summed E-state index contributed by atoms with van der Waals surface area (Å²) in [5.74, 6) is 0.505. The third kappa shape index (κ3) is 6.00. The molecular formula is C13H18Br2O2. The van der Waals surface area contributed by atoms with E-state index in [9.17, 15) is 0 Å². The second-order valence-corrected chi connectivity index (χ2v) is 5.36. The van der Waals surface area contributed by atoms with Crippen LogP contribution in [0, 0.1) is 0 Å². The molecule has 4 heteroatoms. The van der Waals surface area contributed by atoms with E-state index in [-0.39, 0.29) is 0 Å². The van der Waals surface area contributed by atoms with E-state index < -0.39 is 0 Å². The van der Waals surface area contributed by atoms with Crippen molar-refractivity contribution in [3.05, 3.63) is 34.3 Å². The van der Waals surface area contributed by atoms with Crippen LogP contribution in [0.1, 0.15) is 17.9 Å². The molecule has 0 spiro atoms. The summed E-state index contributed by atoms with van der Waals surface area (Å²) >= 11 is 7.01. The lowest BCUT2D eigenvalue weighted by Crippen LogP contribution is -2.08. The smallest absolute Gasteiger partial charge is 0.0700 e. The lowest BCUT2D eigenvalue weighted by molar-refractivity contribution is 0.0677. The molecule has 0 bridgehead atoms. The molecule has 0 saturated carbocycles. The molecule has 1 rings (SSSR count). The number of benzene rings is 1. The van der Waals surface area contributed by atoms with Crippen molar-refractivity contribution in [1.29, 1.82) is 0 Å². The number of rotatable bonds is 8. The predicted octanol–water partition coefficient (Wildman–Crippen LogP) is 3.98. The fourth-order valence-electron chi connectivity index (χ4n) is 1.54. The third-order valence-corrected chi connectivity index (χ3v) is 3.88. The van der Waals surface area contributed by atoms with Gasteiger partial charge in [-0.15, -0.1) is 0 Å². The zero-order chi connectivity index (χ0) is 12.5. The SMILES string of the molecule is COCCOCCC(CBr)c1ccc(Br)cc1. The summed E-state index contributed by atoms with van der Waals surface area (Å²) in [7, 11) is 1.69. The first-order chi connectivity index (χ1) is 8.27. The van der Waals surface area contributed by atoms with Gasteiger partial charge in [0.1, 0.15) is 0 Å². The maximum absolute atomic E-state index is 5.50. The zero-order valence-corrected chi connectivity index (χ0v) is 13.2. The third-order valence-electron chi connectivity index (χ3n) is 2.57. The Morgan fingerprint density at radius 3 is 2.41 bits per heavy atom. The number of alkyl halides is 1. The van der Waals surface area contributed by atoms with Crippen molar-refractivity contribution in [3.63, 3.8) is 0 Å². The van der Waals surface area contributed by atoms with E-state index in [0.717, 1.165) is 22.8 Å². The molecule has 17 heavy (non-hydrogen) atoms. The van der Waals surface area contributed by atoms with Crippen LogP contribution < -0.4 is 0 Å². The Labute approximate surface area is 120 Å². The van der Waals surface area contributed by atoms with Crippen LogP contribution in [0.25, 0.3) is 0 Å². The molecular weight excluding hydrogens is 348 g/mol. The fraction of sp³-hybridized carbons (Fsp3) is 0.538. The highest BCUT2D eigenvalue weighted by atomic mass is 79.9. The predicted molar refractivity (Wildman–Crippen MR) is 78.0 cm³/mol. The van der Waals surface area contributed by atoms with Gasteiger partial charge in [0.05, 0.1) is 13.2 Å². The minimum atomic E-state index is 0.505. The van der Waals surface area contributed by atoms with Crippen molar-refractivity contribution in [2.45, 2.75) is 12.3 Å². The Morgan fingerprint density at radius 2 is 1.82 bits per heavy atom. The maximum Gasteiger partial charge on any atom is 0.0700 e. The number of halogens is 2. The van der Waals surface area contributed by atoms with Crippen LogP contribution in [-0.4, -0.2) is 32.3 Å². The van der Waals surface area contributed by atoms with Gasteiger partial charge in [-0.2, -0.15) is 0 Å². The molecule has 2 nitrogen and oxygen atoms in total. The van der Waals surface area contributed by atoms with E-state index in [0.29, 0.717) is 19.1 Å². The Morgan fingerprint density at radius 1 is 1.12 bits per heavy atom. The number of hydrogen-bond donors (Lipinski definition) is 0. The van der Waals surface area contributed by atoms with Crippen LogP contribution in [0.5, 0.6) is 0 Å². The van der Waals surface area contributed by atoms with Crippen LogP contribution >= 0.6 is 31.9 Å². The van der Waals surface area contributed by atoms with Gasteiger partial charge in [0, 0.05) is 23.5 Å². The largest absolute Gasteiger partial charge is 0.382 e. The van der Waals surface area contributed by atoms with Gasteiger partial charge >= 0.3 is 0 Å². The molecule has 1 aromatic rings. The first kappa shape index (κ1) is 15.2. The van der Waals surface area contributed by atoms with Crippen molar-refractivity contribution < 1.29 is 9.47 Å². The monoisotopic (exact) mass is 364 g/mol. The van der Waals surface area contributed by atoms with E-state index >= 15 is 0 Å². The van der Waals surface area contributed by atoms with E-state index in [1.807, 2.05) is 0 Å². The minimum absolute atomic E-state index is 0.505. The molecule has 0 N–H and O–H groups in total. The Kier molecular flexibility index (Phi) is 8.10. The molecule has 0 saturated heterocycles. The van der Waals surface area contributed by atoms with Gasteiger partial charge in [0.15, 0.2) is 0 Å². The van der Waals surface area contributed by atoms with Crippen molar-refractivity contribution >= 4 is 31.9 Å². The summed E-state index contributed by atoms with van der Waals surface area (Å²) in [5.41, 5.74) is 1.35. The maximum atomic E-state index is 5.50. The molecule has 0 aliphatic heterocycles. The summed E-state index contributed by atoms with van der Waals surface area (Å²) < 4.78 is 11.5. The molecule has 1 aromatic carbocycles. The average Bonchev–Trinajstić information content (AvgIpc) is 2.35. The summed E-state index contributed by atoms with van der Waals surface area (Å²) in [6.45, 7) is 2.11. The van der Waals surface area contributed by atoms with Crippen molar-refractivity contribution in [2.75, 3.05) is 32.3 Å². The van der Waals surface area contributed by atoms with Gasteiger partial charge in [-0.1, -0.05) is 44.0 Å². The quantitative estimate of drug-likeness (QED) is 0.512. The molecule has 0 aliphatic rings. The normalized spacial score (nSPS) is 12.6. The van der Waals surface area contributed by atoms with Gasteiger partial charge in [0.2, 0.25) is 0 Å². The van der Waals surface area contributed by atoms with Crippen molar-refractivity contribution in [3.8, 4) is 0 Å². The minimum Gasteiger partial charge on any atom is -0.382 e. The van der Waals surface area contributed by atoms with Gasteiger partial charge in [-0.25, -0.2) is 0 Å². The standard InChI is InChI=1S/C13H18Br2O2/c1-16-8-9-17-7-6-12(10-14)11-2-4-13(15)5-3-11/h2-5,12H,6-10H2,1H3. The molecule has 0 heterocycles. The van der Waals surface area contributed by atoms with Gasteiger partial charge < -0.3 is 9.47 Å². The highest BCUT2D eigenvalue weighted by Crippen LogP contribution is 2.23. The van der Waals surface area contributed by atoms with Crippen molar-refractivity contribution in [2.24, 2.45) is 0 Å². The first-order valence-corrected chi connectivity index (χ1v) is 7.57. The number of ether oxygens (including phenoxy) is 2. The molecule has 0 aliphatic carbocycles. The van der Waals surface area contributed by atoms with E-state index in [1.165, 1.54) is 5.56 Å². The highest BCUT2D eigenvalue weighted by Gasteiger charge is 2.09. The molecule has 0 radical (unpaired) electrons. The fourth-order valence-corrected chi connectivity index (χ4v) is 2.50. The van der Waals surface area contributed by atoms with Crippen LogP contribution in [-0.2, 0) is 9.47 Å². The van der Waals surface area contributed by atoms with E-state index in [2.05, 4.69) is 56.1 Å². The summed E-state index contributed by atoms with van der Waals surface area (Å²) in [5, 5.41) is 0.961. The summed E-state index contributed by atoms with van der Waals surface area (Å²) in [6.07, 6.45) is 1.02. The van der Waals surface area contributed by atoms with Crippen LogP contribution in [0.3, 0.4) is 0 Å². The number of methoxy groups -OCH3 is 1. The Hall–Kier alpha value is 0.1000. The molecule has 0 aromatic heterocycles. The highest BCUT2D eigenvalue weighted by molar-refractivity contribution is 9.10. The molecule has 0 fully saturated rings. The topological polar surface area (TPSA) is 18.5 Å². The summed E-state index contributed by atoms with van der Waals surface area (Å²) in [6, 6.07) is 8.48. The van der Waals surface area contributed by atoms with Gasteiger partial charge in [0.25, 0.3) is 0 Å².